The van der Waals surface area contributed by atoms with Crippen molar-refractivity contribution in [2.75, 3.05) is 13.7 Å². The molecule has 0 amide bonds. The van der Waals surface area contributed by atoms with Crippen LogP contribution in [-0.4, -0.2) is 18.7 Å². The van der Waals surface area contributed by atoms with Gasteiger partial charge in [0.25, 0.3) is 0 Å². The summed E-state index contributed by atoms with van der Waals surface area (Å²) < 4.78 is 30.1. The molecule has 1 atom stereocenters. The lowest BCUT2D eigenvalue weighted by Gasteiger charge is -2.09. The molecule has 1 rings (SSSR count). The van der Waals surface area contributed by atoms with Crippen LogP contribution in [0.3, 0.4) is 0 Å². The van der Waals surface area contributed by atoms with Gasteiger partial charge in [-0.15, -0.1) is 0 Å². The summed E-state index contributed by atoms with van der Waals surface area (Å²) in [5.41, 5.74) is 5.52. The quantitative estimate of drug-likeness (QED) is 0.769. The maximum Gasteiger partial charge on any atom is 0.149 e. The molecule has 1 unspecified atom stereocenters. The van der Waals surface area contributed by atoms with Crippen LogP contribution in [0.1, 0.15) is 11.7 Å². The zero-order valence-corrected chi connectivity index (χ0v) is 7.13. The molecule has 72 valence electrons. The average molecular weight is 188 g/mol. The smallest absolute Gasteiger partial charge is 0.149 e. The Kier molecular flexibility index (Phi) is 3.27. The molecule has 0 saturated carbocycles. The van der Waals surface area contributed by atoms with Crippen molar-refractivity contribution in [3.8, 4) is 0 Å². The van der Waals surface area contributed by atoms with Crippen LogP contribution in [0.2, 0.25) is 0 Å². The molecule has 5 heteroatoms. The molecular weight excluding hydrogens is 178 g/mol. The Labute approximate surface area is 74.5 Å². The second kappa shape index (κ2) is 4.25. The molecule has 0 aliphatic rings. The summed E-state index contributed by atoms with van der Waals surface area (Å²) in [5, 5.41) is 0. The molecule has 0 spiro atoms. The predicted octanol–water partition coefficient (Wildman–Crippen LogP) is 1.01. The lowest BCUT2D eigenvalue weighted by atomic mass is 10.2. The lowest BCUT2D eigenvalue weighted by Crippen LogP contribution is -2.19. The highest BCUT2D eigenvalue weighted by Gasteiger charge is 2.13. The maximum absolute atomic E-state index is 13.0. The molecule has 0 aliphatic heterocycles. The summed E-state index contributed by atoms with van der Waals surface area (Å²) in [6.45, 7) is 0.148. The number of nitrogens with zero attached hydrogens (tertiary/aromatic N) is 1. The number of hydrogen-bond donors (Lipinski definition) is 1. The molecule has 1 heterocycles. The Morgan fingerprint density at radius 3 is 2.85 bits per heavy atom. The Morgan fingerprint density at radius 1 is 1.62 bits per heavy atom. The minimum absolute atomic E-state index is 0.0169. The third-order valence-corrected chi connectivity index (χ3v) is 1.53. The van der Waals surface area contributed by atoms with Crippen LogP contribution >= 0.6 is 0 Å². The van der Waals surface area contributed by atoms with Crippen LogP contribution in [0.25, 0.3) is 0 Å². The molecule has 0 aliphatic carbocycles. The fraction of sp³-hybridized carbons (Fsp3) is 0.375. The second-order valence-corrected chi connectivity index (χ2v) is 2.58. The minimum atomic E-state index is -0.746. The number of hydrogen-bond acceptors (Lipinski definition) is 3. The Morgan fingerprint density at radius 2 is 2.31 bits per heavy atom. The normalized spacial score (nSPS) is 12.9. The SMILES string of the molecule is COCC(N)c1ncc(F)cc1F. The van der Waals surface area contributed by atoms with Crippen molar-refractivity contribution in [2.24, 2.45) is 5.73 Å². The molecule has 2 N–H and O–H groups in total. The molecule has 0 aromatic carbocycles. The van der Waals surface area contributed by atoms with Gasteiger partial charge in [-0.2, -0.15) is 0 Å². The van der Waals surface area contributed by atoms with Gasteiger partial charge in [0.1, 0.15) is 11.6 Å². The molecule has 0 fully saturated rings. The molecule has 1 aromatic heterocycles. The minimum Gasteiger partial charge on any atom is -0.383 e. The summed E-state index contributed by atoms with van der Waals surface area (Å²) in [6.07, 6.45) is 0.925. The highest BCUT2D eigenvalue weighted by molar-refractivity contribution is 5.12. The maximum atomic E-state index is 13.0. The monoisotopic (exact) mass is 188 g/mol. The Balaban J connectivity index is 2.88. The van der Waals surface area contributed by atoms with Gasteiger partial charge in [0.05, 0.1) is 24.5 Å². The fourth-order valence-electron chi connectivity index (χ4n) is 0.956. The first-order valence-electron chi connectivity index (χ1n) is 3.70. The van der Waals surface area contributed by atoms with Crippen molar-refractivity contribution >= 4 is 0 Å². The standard InChI is InChI=1S/C8H10F2N2O/c1-13-4-7(11)8-6(10)2-5(9)3-12-8/h2-3,7H,4,11H2,1H3. The number of halogens is 2. The van der Waals surface area contributed by atoms with Gasteiger partial charge in [-0.3, -0.25) is 4.98 Å². The van der Waals surface area contributed by atoms with Crippen molar-refractivity contribution in [3.63, 3.8) is 0 Å². The summed E-state index contributed by atoms with van der Waals surface area (Å²) >= 11 is 0. The van der Waals surface area contributed by atoms with Crippen LogP contribution in [0.5, 0.6) is 0 Å². The first-order chi connectivity index (χ1) is 6.15. The lowest BCUT2D eigenvalue weighted by molar-refractivity contribution is 0.178. The molecule has 13 heavy (non-hydrogen) atoms. The number of ether oxygens (including phenoxy) is 1. The van der Waals surface area contributed by atoms with Crippen molar-refractivity contribution in [1.82, 2.24) is 4.98 Å². The van der Waals surface area contributed by atoms with Gasteiger partial charge in [0.2, 0.25) is 0 Å². The molecule has 3 nitrogen and oxygen atoms in total. The summed E-state index contributed by atoms with van der Waals surface area (Å²) in [5.74, 6) is -1.46. The van der Waals surface area contributed by atoms with E-state index in [1.807, 2.05) is 0 Å². The van der Waals surface area contributed by atoms with Gasteiger partial charge in [0.15, 0.2) is 0 Å². The van der Waals surface area contributed by atoms with Crippen LogP contribution < -0.4 is 5.73 Å². The van der Waals surface area contributed by atoms with Crippen molar-refractivity contribution in [1.29, 1.82) is 0 Å². The predicted molar refractivity (Wildman–Crippen MR) is 43.0 cm³/mol. The fourth-order valence-corrected chi connectivity index (χ4v) is 0.956. The summed E-state index contributed by atoms with van der Waals surface area (Å²) in [6, 6.07) is 0.0864. The average Bonchev–Trinajstić information content (AvgIpc) is 2.04. The van der Waals surface area contributed by atoms with E-state index in [1.165, 1.54) is 7.11 Å². The molecule has 0 radical (unpaired) electrons. The van der Waals surface area contributed by atoms with E-state index in [1.54, 1.807) is 0 Å². The van der Waals surface area contributed by atoms with Crippen LogP contribution in [0.4, 0.5) is 8.78 Å². The summed E-state index contributed by atoms with van der Waals surface area (Å²) in [7, 11) is 1.45. The van der Waals surface area contributed by atoms with Gasteiger partial charge in [-0.1, -0.05) is 0 Å². The van der Waals surface area contributed by atoms with Gasteiger partial charge < -0.3 is 10.5 Å². The summed E-state index contributed by atoms with van der Waals surface area (Å²) in [4.78, 5) is 3.54. The zero-order chi connectivity index (χ0) is 9.84. The highest BCUT2D eigenvalue weighted by atomic mass is 19.1. The highest BCUT2D eigenvalue weighted by Crippen LogP contribution is 2.12. The number of nitrogens with two attached hydrogens (primary N) is 1. The van der Waals surface area contributed by atoms with E-state index >= 15 is 0 Å². The van der Waals surface area contributed by atoms with Gasteiger partial charge >= 0.3 is 0 Å². The molecular formula is C8H10F2N2O. The third-order valence-electron chi connectivity index (χ3n) is 1.53. The van der Waals surface area contributed by atoms with E-state index in [0.29, 0.717) is 0 Å². The first kappa shape index (κ1) is 10.0. The number of pyridine rings is 1. The van der Waals surface area contributed by atoms with Crippen LogP contribution in [-0.2, 0) is 4.74 Å². The van der Waals surface area contributed by atoms with E-state index in [-0.39, 0.29) is 12.3 Å². The number of rotatable bonds is 3. The van der Waals surface area contributed by atoms with Crippen molar-refractivity contribution < 1.29 is 13.5 Å². The van der Waals surface area contributed by atoms with Gasteiger partial charge in [-0.25, -0.2) is 8.78 Å². The molecule has 1 aromatic rings. The van der Waals surface area contributed by atoms with E-state index < -0.39 is 17.7 Å². The van der Waals surface area contributed by atoms with Crippen LogP contribution in [0, 0.1) is 11.6 Å². The first-order valence-corrected chi connectivity index (χ1v) is 3.70. The largest absolute Gasteiger partial charge is 0.383 e. The van der Waals surface area contributed by atoms with Gasteiger partial charge in [-0.05, 0) is 0 Å². The van der Waals surface area contributed by atoms with E-state index in [4.69, 9.17) is 10.5 Å². The van der Waals surface area contributed by atoms with E-state index in [2.05, 4.69) is 4.98 Å². The van der Waals surface area contributed by atoms with Crippen molar-refractivity contribution in [3.05, 3.63) is 29.6 Å². The van der Waals surface area contributed by atoms with E-state index in [0.717, 1.165) is 12.3 Å². The zero-order valence-electron chi connectivity index (χ0n) is 7.13. The van der Waals surface area contributed by atoms with Crippen molar-refractivity contribution in [2.45, 2.75) is 6.04 Å². The topological polar surface area (TPSA) is 48.1 Å². The third kappa shape index (κ3) is 2.43. The molecule has 0 saturated heterocycles. The number of aromatic nitrogens is 1. The second-order valence-electron chi connectivity index (χ2n) is 2.58. The Hall–Kier alpha value is -1.07. The number of methoxy groups -OCH3 is 1. The molecule has 0 bridgehead atoms. The van der Waals surface area contributed by atoms with E-state index in [9.17, 15) is 8.78 Å². The van der Waals surface area contributed by atoms with Gasteiger partial charge in [0, 0.05) is 13.2 Å². The Bertz CT molecular complexity index is 293. The van der Waals surface area contributed by atoms with Crippen LogP contribution in [0.15, 0.2) is 12.3 Å².